The van der Waals surface area contributed by atoms with Crippen LogP contribution in [0.15, 0.2) is 35.4 Å². The van der Waals surface area contributed by atoms with Crippen molar-refractivity contribution in [1.82, 2.24) is 28.9 Å². The highest BCUT2D eigenvalue weighted by molar-refractivity contribution is 5.91. The summed E-state index contributed by atoms with van der Waals surface area (Å²) in [6, 6.07) is 4.42. The number of pyridine rings is 1. The Balaban J connectivity index is 1.85. The van der Waals surface area contributed by atoms with Gasteiger partial charge in [0, 0.05) is 18.0 Å². The molecule has 4 heterocycles. The quantitative estimate of drug-likeness (QED) is 0.556. The van der Waals surface area contributed by atoms with Gasteiger partial charge in [0.15, 0.2) is 5.52 Å². The highest BCUT2D eigenvalue weighted by Crippen LogP contribution is 2.23. The van der Waals surface area contributed by atoms with Crippen LogP contribution in [0.5, 0.6) is 0 Å². The Morgan fingerprint density at radius 2 is 2.00 bits per heavy atom. The highest BCUT2D eigenvalue weighted by Gasteiger charge is 2.23. The number of amides is 1. The number of rotatable bonds is 4. The molecule has 4 aromatic rings. The van der Waals surface area contributed by atoms with Crippen LogP contribution in [0.3, 0.4) is 0 Å². The molecule has 0 fully saturated rings. The predicted molar refractivity (Wildman–Crippen MR) is 110 cm³/mol. The summed E-state index contributed by atoms with van der Waals surface area (Å²) in [5, 5.41) is 11.4. The lowest BCUT2D eigenvalue weighted by molar-refractivity contribution is -0.116. The molecule has 1 N–H and O–H groups in total. The average molecular weight is 411 g/mol. The number of carbonyl (C=O) groups excluding carboxylic acids is 1. The molecule has 0 aliphatic rings. The summed E-state index contributed by atoms with van der Waals surface area (Å²) in [6.07, 6.45) is 2.61. The molecular weight excluding hydrogens is 389 g/mol. The van der Waals surface area contributed by atoms with Crippen LogP contribution >= 0.6 is 0 Å². The number of fused-ring (bicyclic) bond motifs is 2. The zero-order valence-corrected chi connectivity index (χ0v) is 17.2. The van der Waals surface area contributed by atoms with Gasteiger partial charge in [-0.2, -0.15) is 14.7 Å². The minimum atomic E-state index is -0.488. The number of hydrogen-bond donors (Lipinski definition) is 1. The van der Waals surface area contributed by atoms with E-state index in [9.17, 15) is 14.0 Å². The summed E-state index contributed by atoms with van der Waals surface area (Å²) < 4.78 is 17.7. The maximum Gasteiger partial charge on any atom is 0.300 e. The first kappa shape index (κ1) is 19.7. The number of halogens is 1. The molecule has 0 unspecified atom stereocenters. The third kappa shape index (κ3) is 3.34. The summed E-state index contributed by atoms with van der Waals surface area (Å²) in [5.41, 5.74) is 1.58. The lowest BCUT2D eigenvalue weighted by Gasteiger charge is -2.13. The fraction of sp³-hybridized carbons (Fsp3) is 0.350. The van der Waals surface area contributed by atoms with E-state index in [0.29, 0.717) is 23.2 Å². The summed E-state index contributed by atoms with van der Waals surface area (Å²) in [5.74, 6) is -0.621. The average Bonchev–Trinajstić information content (AvgIpc) is 3.32. The lowest BCUT2D eigenvalue weighted by Crippen LogP contribution is -2.25. The topological polar surface area (TPSA) is 99.1 Å². The van der Waals surface area contributed by atoms with Gasteiger partial charge in [-0.1, -0.05) is 20.8 Å². The minimum Gasteiger partial charge on any atom is -0.313 e. The Hall–Kier alpha value is -3.56. The van der Waals surface area contributed by atoms with E-state index in [2.05, 4.69) is 20.5 Å². The van der Waals surface area contributed by atoms with Gasteiger partial charge in [-0.3, -0.25) is 14.3 Å². The van der Waals surface area contributed by atoms with Crippen molar-refractivity contribution in [1.29, 1.82) is 0 Å². The van der Waals surface area contributed by atoms with Crippen molar-refractivity contribution in [3.8, 4) is 0 Å². The van der Waals surface area contributed by atoms with Gasteiger partial charge in [-0.25, -0.2) is 9.37 Å². The van der Waals surface area contributed by atoms with Crippen LogP contribution in [0.2, 0.25) is 0 Å². The molecule has 0 saturated carbocycles. The number of carbonyl (C=O) groups is 1. The third-order valence-electron chi connectivity index (χ3n) is 4.84. The molecule has 0 atom stereocenters. The van der Waals surface area contributed by atoms with Crippen LogP contribution < -0.4 is 10.9 Å². The zero-order chi connectivity index (χ0) is 21.6. The van der Waals surface area contributed by atoms with Crippen LogP contribution in [-0.2, 0) is 23.3 Å². The molecular formula is C20H22FN7O2. The normalized spacial score (nSPS) is 12.0. The van der Waals surface area contributed by atoms with E-state index in [4.69, 9.17) is 0 Å². The molecule has 0 aliphatic heterocycles. The van der Waals surface area contributed by atoms with E-state index in [-0.39, 0.29) is 29.2 Å². The largest absolute Gasteiger partial charge is 0.313 e. The first-order valence-corrected chi connectivity index (χ1v) is 9.59. The number of aromatic nitrogens is 6. The number of hydrogen-bond acceptors (Lipinski definition) is 5. The van der Waals surface area contributed by atoms with Crippen molar-refractivity contribution in [2.24, 2.45) is 0 Å². The van der Waals surface area contributed by atoms with Crippen LogP contribution in [0.25, 0.3) is 16.7 Å². The van der Waals surface area contributed by atoms with E-state index in [1.807, 2.05) is 33.8 Å². The maximum absolute atomic E-state index is 13.1. The number of nitrogens with zero attached hydrogens (tertiary/aromatic N) is 6. The van der Waals surface area contributed by atoms with E-state index in [1.165, 1.54) is 16.6 Å². The lowest BCUT2D eigenvalue weighted by atomic mass is 9.93. The monoisotopic (exact) mass is 411 g/mol. The third-order valence-corrected chi connectivity index (χ3v) is 4.84. The first-order valence-electron chi connectivity index (χ1n) is 9.59. The van der Waals surface area contributed by atoms with Crippen molar-refractivity contribution in [3.05, 3.63) is 52.5 Å². The molecule has 0 saturated heterocycles. The van der Waals surface area contributed by atoms with Gasteiger partial charge >= 0.3 is 5.56 Å². The SMILES string of the molecule is CCn1ncc2c1c(=O)n1nc(C(C)(C)C)cc1n2CC(=O)Nc1ccc(F)cn1. The van der Waals surface area contributed by atoms with Crippen LogP contribution in [-0.4, -0.2) is 34.9 Å². The van der Waals surface area contributed by atoms with Crippen molar-refractivity contribution in [2.45, 2.75) is 46.2 Å². The molecule has 0 spiro atoms. The van der Waals surface area contributed by atoms with Crippen LogP contribution in [0, 0.1) is 5.82 Å². The molecule has 30 heavy (non-hydrogen) atoms. The highest BCUT2D eigenvalue weighted by atomic mass is 19.1. The second-order valence-corrected chi connectivity index (χ2v) is 8.04. The number of aryl methyl sites for hydroxylation is 1. The molecule has 0 bridgehead atoms. The van der Waals surface area contributed by atoms with Gasteiger partial charge in [0.05, 0.1) is 23.6 Å². The van der Waals surface area contributed by atoms with E-state index in [0.717, 1.165) is 11.9 Å². The van der Waals surface area contributed by atoms with Crippen LogP contribution in [0.4, 0.5) is 10.2 Å². The Labute approximate surface area is 171 Å². The van der Waals surface area contributed by atoms with Gasteiger partial charge in [0.2, 0.25) is 5.91 Å². The van der Waals surface area contributed by atoms with Gasteiger partial charge in [-0.15, -0.1) is 0 Å². The van der Waals surface area contributed by atoms with E-state index < -0.39 is 5.82 Å². The molecule has 9 nitrogen and oxygen atoms in total. The molecule has 4 rings (SSSR count). The summed E-state index contributed by atoms with van der Waals surface area (Å²) in [6.45, 7) is 8.31. The standard InChI is InChI=1S/C20H22FN7O2/c1-5-27-18-13(10-23-27)26(11-16(29)24-15-7-6-12(21)9-22-15)17-8-14(20(2,3)4)25-28(17)19(18)30/h6-10H,5,11H2,1-4H3,(H,22,24,29). The van der Waals surface area contributed by atoms with Gasteiger partial charge < -0.3 is 9.88 Å². The molecule has 1 amide bonds. The van der Waals surface area contributed by atoms with Gasteiger partial charge in [0.1, 0.15) is 23.8 Å². The summed E-state index contributed by atoms with van der Waals surface area (Å²) in [7, 11) is 0. The number of anilines is 1. The van der Waals surface area contributed by atoms with Crippen LogP contribution in [0.1, 0.15) is 33.4 Å². The van der Waals surface area contributed by atoms with Crippen molar-refractivity contribution in [3.63, 3.8) is 0 Å². The fourth-order valence-electron chi connectivity index (χ4n) is 3.28. The first-order chi connectivity index (χ1) is 14.2. The van der Waals surface area contributed by atoms with Crippen molar-refractivity contribution < 1.29 is 9.18 Å². The smallest absolute Gasteiger partial charge is 0.300 e. The zero-order valence-electron chi connectivity index (χ0n) is 17.2. The second kappa shape index (κ2) is 7.05. The second-order valence-electron chi connectivity index (χ2n) is 8.04. The Morgan fingerprint density at radius 1 is 1.23 bits per heavy atom. The summed E-state index contributed by atoms with van der Waals surface area (Å²) in [4.78, 5) is 29.7. The Bertz CT molecular complexity index is 1310. The number of nitrogens with one attached hydrogen (secondary N) is 1. The predicted octanol–water partition coefficient (Wildman–Crippen LogP) is 2.34. The molecule has 0 radical (unpaired) electrons. The Morgan fingerprint density at radius 3 is 2.63 bits per heavy atom. The minimum absolute atomic E-state index is 0.0932. The van der Waals surface area contributed by atoms with Crippen molar-refractivity contribution in [2.75, 3.05) is 5.32 Å². The molecule has 4 aromatic heterocycles. The molecule has 0 aliphatic carbocycles. The molecule has 156 valence electrons. The Kier molecular flexibility index (Phi) is 4.64. The van der Waals surface area contributed by atoms with E-state index >= 15 is 0 Å². The fourth-order valence-corrected chi connectivity index (χ4v) is 3.28. The maximum atomic E-state index is 13.1. The molecule has 0 aromatic carbocycles. The molecule has 10 heteroatoms. The summed E-state index contributed by atoms with van der Waals surface area (Å²) >= 11 is 0. The van der Waals surface area contributed by atoms with Gasteiger partial charge in [-0.05, 0) is 19.1 Å². The van der Waals surface area contributed by atoms with Gasteiger partial charge in [0.25, 0.3) is 0 Å². The van der Waals surface area contributed by atoms with Crippen molar-refractivity contribution >= 4 is 28.4 Å². The van der Waals surface area contributed by atoms with E-state index in [1.54, 1.807) is 15.4 Å².